The minimum atomic E-state index is -3.28. The number of nitrogens with two attached hydrogens (primary N) is 1. The summed E-state index contributed by atoms with van der Waals surface area (Å²) in [6.07, 6.45) is 0. The van der Waals surface area contributed by atoms with Crippen molar-refractivity contribution in [2.24, 2.45) is 17.6 Å². The fourth-order valence-electron chi connectivity index (χ4n) is 1.19. The topological polar surface area (TPSA) is 89.3 Å². The van der Waals surface area contributed by atoms with Crippen LogP contribution in [0.5, 0.6) is 0 Å². The first-order chi connectivity index (χ1) is 7.26. The standard InChI is InChI=1S/C10H22N2O3S.ClH/c1-8(2)6-16(14,15)7-10(13)12-5-9(3)4-11;/h8-9H,4-7,11H2,1-3H3,(H,12,13);1H. The number of hydrogen-bond donors (Lipinski definition) is 2. The molecule has 0 rings (SSSR count). The summed E-state index contributed by atoms with van der Waals surface area (Å²) in [6, 6.07) is 0. The summed E-state index contributed by atoms with van der Waals surface area (Å²) in [5.74, 6) is -0.617. The molecule has 1 amide bonds. The fraction of sp³-hybridized carbons (Fsp3) is 0.900. The molecule has 0 saturated heterocycles. The molecule has 0 bridgehead atoms. The summed E-state index contributed by atoms with van der Waals surface area (Å²) < 4.78 is 23.0. The molecule has 0 aromatic heterocycles. The van der Waals surface area contributed by atoms with Crippen LogP contribution >= 0.6 is 12.4 Å². The van der Waals surface area contributed by atoms with Crippen LogP contribution in [-0.4, -0.2) is 38.9 Å². The molecule has 1 unspecified atom stereocenters. The number of nitrogens with one attached hydrogen (secondary N) is 1. The molecule has 0 aliphatic rings. The van der Waals surface area contributed by atoms with Crippen LogP contribution in [-0.2, 0) is 14.6 Å². The smallest absolute Gasteiger partial charge is 0.235 e. The Labute approximate surface area is 110 Å². The Bertz CT molecular complexity index is 318. The van der Waals surface area contributed by atoms with E-state index in [-0.39, 0.29) is 30.0 Å². The zero-order valence-corrected chi connectivity index (χ0v) is 12.2. The normalized spacial score (nSPS) is 13.0. The Morgan fingerprint density at radius 1 is 1.29 bits per heavy atom. The lowest BCUT2D eigenvalue weighted by Gasteiger charge is -2.11. The van der Waals surface area contributed by atoms with E-state index < -0.39 is 21.5 Å². The van der Waals surface area contributed by atoms with Crippen LogP contribution in [0.4, 0.5) is 0 Å². The van der Waals surface area contributed by atoms with Gasteiger partial charge in [-0.2, -0.15) is 0 Å². The van der Waals surface area contributed by atoms with Gasteiger partial charge in [0, 0.05) is 6.54 Å². The van der Waals surface area contributed by atoms with Crippen LogP contribution in [0.2, 0.25) is 0 Å². The van der Waals surface area contributed by atoms with Crippen molar-refractivity contribution in [1.29, 1.82) is 0 Å². The van der Waals surface area contributed by atoms with Crippen molar-refractivity contribution in [1.82, 2.24) is 5.32 Å². The van der Waals surface area contributed by atoms with Crippen LogP contribution in [0.25, 0.3) is 0 Å². The highest BCUT2D eigenvalue weighted by molar-refractivity contribution is 7.92. The van der Waals surface area contributed by atoms with E-state index in [1.807, 2.05) is 20.8 Å². The second-order valence-corrected chi connectivity index (χ2v) is 6.70. The van der Waals surface area contributed by atoms with E-state index in [9.17, 15) is 13.2 Å². The molecular weight excluding hydrogens is 264 g/mol. The molecule has 0 fully saturated rings. The lowest BCUT2D eigenvalue weighted by Crippen LogP contribution is -2.36. The largest absolute Gasteiger partial charge is 0.355 e. The first-order valence-electron chi connectivity index (χ1n) is 5.44. The molecule has 3 N–H and O–H groups in total. The van der Waals surface area contributed by atoms with Crippen molar-refractivity contribution in [3.63, 3.8) is 0 Å². The average molecular weight is 287 g/mol. The third-order valence-electron chi connectivity index (χ3n) is 1.99. The number of sulfone groups is 1. The second-order valence-electron chi connectivity index (χ2n) is 4.59. The van der Waals surface area contributed by atoms with Crippen LogP contribution in [0, 0.1) is 11.8 Å². The Morgan fingerprint density at radius 2 is 1.82 bits per heavy atom. The van der Waals surface area contributed by atoms with Crippen LogP contribution < -0.4 is 11.1 Å². The molecule has 0 aliphatic carbocycles. The zero-order valence-electron chi connectivity index (χ0n) is 10.6. The summed E-state index contributed by atoms with van der Waals surface area (Å²) in [4.78, 5) is 11.3. The van der Waals surface area contributed by atoms with Gasteiger partial charge in [0.05, 0.1) is 5.75 Å². The maximum Gasteiger partial charge on any atom is 0.235 e. The lowest BCUT2D eigenvalue weighted by atomic mass is 10.2. The Hall–Kier alpha value is -0.330. The summed E-state index contributed by atoms with van der Waals surface area (Å²) in [5, 5.41) is 2.56. The van der Waals surface area contributed by atoms with Gasteiger partial charge in [-0.3, -0.25) is 4.79 Å². The molecule has 0 aliphatic heterocycles. The molecule has 0 aromatic rings. The minimum absolute atomic E-state index is 0. The van der Waals surface area contributed by atoms with E-state index in [0.29, 0.717) is 13.1 Å². The van der Waals surface area contributed by atoms with Gasteiger partial charge in [-0.15, -0.1) is 12.4 Å². The number of rotatable bonds is 7. The number of halogens is 1. The lowest BCUT2D eigenvalue weighted by molar-refractivity contribution is -0.118. The first-order valence-corrected chi connectivity index (χ1v) is 7.26. The van der Waals surface area contributed by atoms with Crippen LogP contribution in [0.3, 0.4) is 0 Å². The van der Waals surface area contributed by atoms with E-state index in [1.165, 1.54) is 0 Å². The SMILES string of the molecule is CC(C)CS(=O)(=O)CC(=O)NCC(C)CN.Cl. The van der Waals surface area contributed by atoms with Gasteiger partial charge in [-0.1, -0.05) is 20.8 Å². The van der Waals surface area contributed by atoms with Crippen molar-refractivity contribution >= 4 is 28.2 Å². The van der Waals surface area contributed by atoms with Gasteiger partial charge in [0.25, 0.3) is 0 Å². The predicted octanol–water partition coefficient (Wildman–Crippen LogP) is 0.190. The monoisotopic (exact) mass is 286 g/mol. The molecule has 0 heterocycles. The van der Waals surface area contributed by atoms with E-state index in [0.717, 1.165) is 0 Å². The van der Waals surface area contributed by atoms with Crippen LogP contribution in [0.15, 0.2) is 0 Å². The van der Waals surface area contributed by atoms with Crippen molar-refractivity contribution in [3.8, 4) is 0 Å². The predicted molar refractivity (Wildman–Crippen MR) is 72.0 cm³/mol. The van der Waals surface area contributed by atoms with Crippen molar-refractivity contribution in [3.05, 3.63) is 0 Å². The third kappa shape index (κ3) is 10.5. The molecule has 5 nitrogen and oxygen atoms in total. The molecular formula is C10H23ClN2O3S. The molecule has 104 valence electrons. The highest BCUT2D eigenvalue weighted by Crippen LogP contribution is 2.00. The Kier molecular flexibility index (Phi) is 9.75. The van der Waals surface area contributed by atoms with Gasteiger partial charge >= 0.3 is 0 Å². The molecule has 0 radical (unpaired) electrons. The van der Waals surface area contributed by atoms with Crippen molar-refractivity contribution in [2.75, 3.05) is 24.6 Å². The van der Waals surface area contributed by atoms with Gasteiger partial charge in [0.15, 0.2) is 9.84 Å². The number of carbonyl (C=O) groups excluding carboxylic acids is 1. The number of hydrogen-bond acceptors (Lipinski definition) is 4. The van der Waals surface area contributed by atoms with E-state index in [2.05, 4.69) is 5.32 Å². The third-order valence-corrected chi connectivity index (χ3v) is 3.86. The van der Waals surface area contributed by atoms with E-state index in [1.54, 1.807) is 0 Å². The molecule has 17 heavy (non-hydrogen) atoms. The number of amides is 1. The second kappa shape index (κ2) is 8.72. The maximum absolute atomic E-state index is 11.5. The van der Waals surface area contributed by atoms with E-state index >= 15 is 0 Å². The highest BCUT2D eigenvalue weighted by Gasteiger charge is 2.18. The highest BCUT2D eigenvalue weighted by atomic mass is 35.5. The van der Waals surface area contributed by atoms with Gasteiger partial charge < -0.3 is 11.1 Å². The summed E-state index contributed by atoms with van der Waals surface area (Å²) in [5.41, 5.74) is 5.38. The molecule has 7 heteroatoms. The Balaban J connectivity index is 0. The molecule has 0 spiro atoms. The van der Waals surface area contributed by atoms with Gasteiger partial charge in [-0.25, -0.2) is 8.42 Å². The van der Waals surface area contributed by atoms with Crippen LogP contribution in [0.1, 0.15) is 20.8 Å². The molecule has 1 atom stereocenters. The van der Waals surface area contributed by atoms with E-state index in [4.69, 9.17) is 5.73 Å². The maximum atomic E-state index is 11.5. The van der Waals surface area contributed by atoms with Gasteiger partial charge in [-0.05, 0) is 18.4 Å². The van der Waals surface area contributed by atoms with Crippen molar-refractivity contribution < 1.29 is 13.2 Å². The Morgan fingerprint density at radius 3 is 2.24 bits per heavy atom. The van der Waals surface area contributed by atoms with Gasteiger partial charge in [0.2, 0.25) is 5.91 Å². The minimum Gasteiger partial charge on any atom is -0.355 e. The van der Waals surface area contributed by atoms with Gasteiger partial charge in [0.1, 0.15) is 5.75 Å². The number of carbonyl (C=O) groups is 1. The fourth-order valence-corrected chi connectivity index (χ4v) is 2.82. The summed E-state index contributed by atoms with van der Waals surface area (Å²) >= 11 is 0. The summed E-state index contributed by atoms with van der Waals surface area (Å²) in [7, 11) is -3.28. The first kappa shape index (κ1) is 19.0. The quantitative estimate of drug-likeness (QED) is 0.699. The van der Waals surface area contributed by atoms with Crippen molar-refractivity contribution in [2.45, 2.75) is 20.8 Å². The molecule has 0 aromatic carbocycles. The average Bonchev–Trinajstić information content (AvgIpc) is 2.11. The summed E-state index contributed by atoms with van der Waals surface area (Å²) in [6.45, 7) is 6.41. The zero-order chi connectivity index (χ0) is 12.8. The molecule has 0 saturated carbocycles.